The zero-order valence-corrected chi connectivity index (χ0v) is 39.3. The van der Waals surface area contributed by atoms with Gasteiger partial charge in [-0.05, 0) is 153 Å². The van der Waals surface area contributed by atoms with Crippen LogP contribution in [0.15, 0.2) is 76.7 Å². The number of rotatable bonds is 28. The average Bonchev–Trinajstić information content (AvgIpc) is 3.27. The van der Waals surface area contributed by atoms with Crippen LogP contribution in [0.2, 0.25) is 0 Å². The van der Waals surface area contributed by atoms with E-state index in [2.05, 4.69) is 90.9 Å². The second kappa shape index (κ2) is 30.2. The van der Waals surface area contributed by atoms with Gasteiger partial charge in [-0.15, -0.1) is 0 Å². The highest BCUT2D eigenvalue weighted by Gasteiger charge is 2.13. The maximum atomic E-state index is 9.68. The van der Waals surface area contributed by atoms with Crippen LogP contribution in [-0.2, 0) is 32.1 Å². The number of nitrogens with zero attached hydrogens (tertiary/aromatic N) is 2. The first kappa shape index (κ1) is 50.4. The molecule has 4 aromatic carbocycles. The van der Waals surface area contributed by atoms with Crippen LogP contribution in [0.3, 0.4) is 0 Å². The first-order valence-corrected chi connectivity index (χ1v) is 24.6. The van der Waals surface area contributed by atoms with Crippen LogP contribution in [-0.4, -0.2) is 21.6 Å². The van der Waals surface area contributed by atoms with Gasteiger partial charge in [0, 0.05) is 5.39 Å². The summed E-state index contributed by atoms with van der Waals surface area (Å²) in [6.45, 7) is 15.9. The molecule has 0 aliphatic carbocycles. The summed E-state index contributed by atoms with van der Waals surface area (Å²) in [4.78, 5) is 10.9. The third-order valence-corrected chi connectivity index (χ3v) is 11.8. The van der Waals surface area contributed by atoms with Crippen molar-refractivity contribution in [2.45, 2.75) is 209 Å². The molecule has 4 heteroatoms. The Morgan fingerprint density at radius 3 is 1.37 bits per heavy atom. The molecule has 0 fully saturated rings. The van der Waals surface area contributed by atoms with Gasteiger partial charge < -0.3 is 10.2 Å². The molecular formula is C56H84N2O2. The van der Waals surface area contributed by atoms with E-state index in [0.29, 0.717) is 5.39 Å². The zero-order valence-electron chi connectivity index (χ0n) is 39.3. The van der Waals surface area contributed by atoms with Gasteiger partial charge in [-0.2, -0.15) is 0 Å². The van der Waals surface area contributed by atoms with Crippen molar-refractivity contribution in [1.29, 1.82) is 0 Å². The van der Waals surface area contributed by atoms with Gasteiger partial charge >= 0.3 is 0 Å². The second-order valence-electron chi connectivity index (χ2n) is 17.2. The monoisotopic (exact) mass is 817 g/mol. The van der Waals surface area contributed by atoms with Gasteiger partial charge in [-0.3, -0.25) is 9.98 Å². The fourth-order valence-electron chi connectivity index (χ4n) is 7.93. The molecule has 0 saturated carbocycles. The third kappa shape index (κ3) is 18.0. The fraction of sp³-hybridized carbons (Fsp3) is 0.571. The predicted octanol–water partition coefficient (Wildman–Crippen LogP) is 17.4. The van der Waals surface area contributed by atoms with E-state index in [1.807, 2.05) is 18.2 Å². The van der Waals surface area contributed by atoms with Gasteiger partial charge in [0.25, 0.3) is 0 Å². The average molecular weight is 817 g/mol. The highest BCUT2D eigenvalue weighted by atomic mass is 16.3. The number of benzene rings is 4. The minimum Gasteiger partial charge on any atom is -0.504 e. The molecule has 0 radical (unpaired) electrons. The standard InChI is InChI=1S/C42H68N2.C14H16O2/c1-7-13-19-20-21-22-28-42(44-40-32-30-36(24-15-9-3)38(34-40)26-17-11-5)41(27-18-12-6)43-39-31-29-35(23-14-8-2)37(33-39)25-16-10-4;1-2-3-4-10-5-7-12-11(9-10)6-8-13(15)14(12)16/h29-34H,7-28H2,1-6H3;5-9,15-16H,2-4H2,1H3. The number of unbranched alkanes of at least 4 members (excludes halogenated alkanes) is 11. The van der Waals surface area contributed by atoms with Gasteiger partial charge in [0.15, 0.2) is 11.5 Å². The molecule has 0 saturated heterocycles. The zero-order chi connectivity index (χ0) is 43.4. The minimum absolute atomic E-state index is 0.0282. The van der Waals surface area contributed by atoms with Crippen molar-refractivity contribution in [3.8, 4) is 11.5 Å². The molecule has 60 heavy (non-hydrogen) atoms. The summed E-state index contributed by atoms with van der Waals surface area (Å²) in [6.07, 6.45) is 30.2. The summed E-state index contributed by atoms with van der Waals surface area (Å²) in [5, 5.41) is 20.7. The van der Waals surface area contributed by atoms with Crippen molar-refractivity contribution < 1.29 is 10.2 Å². The lowest BCUT2D eigenvalue weighted by atomic mass is 9.96. The number of fused-ring (bicyclic) bond motifs is 1. The Hall–Kier alpha value is -3.92. The lowest BCUT2D eigenvalue weighted by Crippen LogP contribution is -2.14. The van der Waals surface area contributed by atoms with Crippen LogP contribution in [0, 0.1) is 0 Å². The molecule has 330 valence electrons. The van der Waals surface area contributed by atoms with Crippen LogP contribution < -0.4 is 0 Å². The molecule has 4 nitrogen and oxygen atoms in total. The van der Waals surface area contributed by atoms with Gasteiger partial charge in [-0.25, -0.2) is 0 Å². The van der Waals surface area contributed by atoms with Crippen LogP contribution in [0.5, 0.6) is 11.5 Å². The number of phenols is 2. The topological polar surface area (TPSA) is 65.2 Å². The summed E-state index contributed by atoms with van der Waals surface area (Å²) in [6, 6.07) is 23.4. The summed E-state index contributed by atoms with van der Waals surface area (Å²) < 4.78 is 0. The summed E-state index contributed by atoms with van der Waals surface area (Å²) >= 11 is 0. The first-order valence-electron chi connectivity index (χ1n) is 24.6. The van der Waals surface area contributed by atoms with Crippen LogP contribution >= 0.6 is 0 Å². The van der Waals surface area contributed by atoms with E-state index in [-0.39, 0.29) is 11.5 Å². The van der Waals surface area contributed by atoms with Crippen molar-refractivity contribution in [2.75, 3.05) is 0 Å². The summed E-state index contributed by atoms with van der Waals surface area (Å²) in [5.41, 5.74) is 12.0. The van der Waals surface area contributed by atoms with Crippen LogP contribution in [0.1, 0.15) is 205 Å². The number of aliphatic imine (C=N–C) groups is 2. The number of aromatic hydroxyl groups is 2. The van der Waals surface area contributed by atoms with Gasteiger partial charge in [0.2, 0.25) is 0 Å². The molecule has 0 atom stereocenters. The summed E-state index contributed by atoms with van der Waals surface area (Å²) in [5.74, 6) is -0.0895. The van der Waals surface area contributed by atoms with E-state index in [4.69, 9.17) is 9.98 Å². The van der Waals surface area contributed by atoms with E-state index in [1.165, 1.54) is 167 Å². The Morgan fingerprint density at radius 1 is 0.400 bits per heavy atom. The largest absolute Gasteiger partial charge is 0.504 e. The van der Waals surface area contributed by atoms with Crippen molar-refractivity contribution in [2.24, 2.45) is 9.98 Å². The SMILES string of the molecule is CCCCCCCCC(=Nc1ccc(CCCC)c(CCCC)c1)C(CCCC)=Nc1ccc(CCCC)c(CCCC)c1.CCCCc1ccc2c(O)c(O)ccc2c1. The van der Waals surface area contributed by atoms with E-state index < -0.39 is 0 Å². The second-order valence-corrected chi connectivity index (χ2v) is 17.2. The highest BCUT2D eigenvalue weighted by molar-refractivity contribution is 6.43. The Kier molecular flexibility index (Phi) is 25.4. The minimum atomic E-state index is -0.0613. The molecule has 0 amide bonds. The Morgan fingerprint density at radius 2 is 0.850 bits per heavy atom. The van der Waals surface area contributed by atoms with Gasteiger partial charge in [-0.1, -0.05) is 155 Å². The summed E-state index contributed by atoms with van der Waals surface area (Å²) in [7, 11) is 0. The predicted molar refractivity (Wildman–Crippen MR) is 265 cm³/mol. The van der Waals surface area contributed by atoms with Gasteiger partial charge in [0.1, 0.15) is 0 Å². The number of phenolic OH excluding ortho intramolecular Hbond substituents is 2. The van der Waals surface area contributed by atoms with E-state index >= 15 is 0 Å². The van der Waals surface area contributed by atoms with Crippen LogP contribution in [0.25, 0.3) is 10.8 Å². The van der Waals surface area contributed by atoms with E-state index in [1.54, 1.807) is 0 Å². The molecule has 0 aliphatic heterocycles. The first-order chi connectivity index (χ1) is 29.3. The highest BCUT2D eigenvalue weighted by Crippen LogP contribution is 2.34. The molecule has 4 rings (SSSR count). The molecule has 0 bridgehead atoms. The normalized spacial score (nSPS) is 11.9. The van der Waals surface area contributed by atoms with E-state index in [0.717, 1.165) is 55.3 Å². The maximum absolute atomic E-state index is 9.68. The number of aryl methyl sites for hydroxylation is 5. The van der Waals surface area contributed by atoms with Crippen LogP contribution in [0.4, 0.5) is 11.4 Å². The quantitative estimate of drug-likeness (QED) is 0.0341. The molecule has 0 unspecified atom stereocenters. The van der Waals surface area contributed by atoms with Crippen molar-refractivity contribution in [3.63, 3.8) is 0 Å². The Bertz CT molecular complexity index is 1850. The van der Waals surface area contributed by atoms with Crippen molar-refractivity contribution >= 4 is 33.6 Å². The van der Waals surface area contributed by atoms with Crippen molar-refractivity contribution in [1.82, 2.24) is 0 Å². The molecular weight excluding hydrogens is 733 g/mol. The number of hydrogen-bond acceptors (Lipinski definition) is 4. The molecule has 0 heterocycles. The molecule has 0 spiro atoms. The lowest BCUT2D eigenvalue weighted by molar-refractivity contribution is 0.408. The van der Waals surface area contributed by atoms with E-state index in [9.17, 15) is 10.2 Å². The molecule has 2 N–H and O–H groups in total. The molecule has 4 aromatic rings. The van der Waals surface area contributed by atoms with Crippen molar-refractivity contribution in [3.05, 3.63) is 94.5 Å². The third-order valence-electron chi connectivity index (χ3n) is 11.8. The molecule has 0 aliphatic rings. The Labute approximate surface area is 367 Å². The fourth-order valence-corrected chi connectivity index (χ4v) is 7.93. The number of hydrogen-bond donors (Lipinski definition) is 2. The molecule has 0 aromatic heterocycles. The Balaban J connectivity index is 0.000000496. The smallest absolute Gasteiger partial charge is 0.165 e. The van der Waals surface area contributed by atoms with Gasteiger partial charge in [0.05, 0.1) is 22.8 Å². The lowest BCUT2D eigenvalue weighted by Gasteiger charge is -2.15. The maximum Gasteiger partial charge on any atom is 0.165 e.